The first-order valence-corrected chi connectivity index (χ1v) is 10.4. The predicted molar refractivity (Wildman–Crippen MR) is 114 cm³/mol. The SMILES string of the molecule is CCN1C(=O)/C(=C/c2c(C)c(C#N)c(=O)n(CC)c2N2CCOCC2)SC1=S. The van der Waals surface area contributed by atoms with Crippen molar-refractivity contribution < 1.29 is 9.53 Å². The van der Waals surface area contributed by atoms with Crippen LogP contribution in [0.15, 0.2) is 9.70 Å². The molecule has 0 atom stereocenters. The Morgan fingerprint density at radius 2 is 1.93 bits per heavy atom. The number of thioether (sulfide) groups is 1. The third-order valence-electron chi connectivity index (χ3n) is 4.94. The van der Waals surface area contributed by atoms with Crippen molar-refractivity contribution in [2.45, 2.75) is 27.3 Å². The third-order valence-corrected chi connectivity index (χ3v) is 6.32. The van der Waals surface area contributed by atoms with Crippen LogP contribution in [0.4, 0.5) is 5.82 Å². The van der Waals surface area contributed by atoms with E-state index in [2.05, 4.69) is 4.90 Å². The van der Waals surface area contributed by atoms with Gasteiger partial charge in [0, 0.05) is 31.7 Å². The summed E-state index contributed by atoms with van der Waals surface area (Å²) in [5.41, 5.74) is 1.11. The largest absolute Gasteiger partial charge is 0.378 e. The molecule has 2 fully saturated rings. The number of hydrogen-bond acceptors (Lipinski definition) is 7. The summed E-state index contributed by atoms with van der Waals surface area (Å²) < 4.78 is 7.59. The van der Waals surface area contributed by atoms with E-state index < -0.39 is 0 Å². The van der Waals surface area contributed by atoms with Gasteiger partial charge in [0.15, 0.2) is 0 Å². The molecule has 2 aliphatic heterocycles. The Morgan fingerprint density at radius 3 is 2.46 bits per heavy atom. The van der Waals surface area contributed by atoms with E-state index in [0.717, 1.165) is 11.4 Å². The molecule has 28 heavy (non-hydrogen) atoms. The molecule has 1 amide bonds. The summed E-state index contributed by atoms with van der Waals surface area (Å²) in [5.74, 6) is 0.589. The molecular formula is C19H22N4O3S2. The first-order chi connectivity index (χ1) is 13.4. The zero-order valence-electron chi connectivity index (χ0n) is 16.2. The standard InChI is InChI=1S/C19H22N4O3S2/c1-4-22-16(21-6-8-26-9-7-21)13(12(3)14(11-20)17(22)24)10-15-18(25)23(5-2)19(27)28-15/h10H,4-9H2,1-3H3/b15-10-. The lowest BCUT2D eigenvalue weighted by Crippen LogP contribution is -2.41. The number of carbonyl (C=O) groups excluding carboxylic acids is 1. The normalized spacial score (nSPS) is 18.9. The van der Waals surface area contributed by atoms with Gasteiger partial charge in [-0.3, -0.25) is 19.1 Å². The van der Waals surface area contributed by atoms with Crippen LogP contribution in [-0.4, -0.2) is 52.5 Å². The number of thiocarbonyl (C=S) groups is 1. The van der Waals surface area contributed by atoms with E-state index in [1.165, 1.54) is 11.8 Å². The van der Waals surface area contributed by atoms with Gasteiger partial charge >= 0.3 is 0 Å². The minimum Gasteiger partial charge on any atom is -0.378 e. The summed E-state index contributed by atoms with van der Waals surface area (Å²) >= 11 is 6.56. The summed E-state index contributed by atoms with van der Waals surface area (Å²) in [6, 6.07) is 2.04. The molecule has 0 radical (unpaired) electrons. The van der Waals surface area contributed by atoms with Gasteiger partial charge in [0.25, 0.3) is 11.5 Å². The Bertz CT molecular complexity index is 955. The van der Waals surface area contributed by atoms with Crippen molar-refractivity contribution in [3.05, 3.63) is 31.9 Å². The van der Waals surface area contributed by atoms with Crippen LogP contribution in [0, 0.1) is 18.3 Å². The highest BCUT2D eigenvalue weighted by Crippen LogP contribution is 2.35. The number of rotatable bonds is 4. The highest BCUT2D eigenvalue weighted by Gasteiger charge is 2.32. The molecule has 7 nitrogen and oxygen atoms in total. The van der Waals surface area contributed by atoms with Crippen molar-refractivity contribution in [1.82, 2.24) is 9.47 Å². The summed E-state index contributed by atoms with van der Waals surface area (Å²) in [7, 11) is 0. The van der Waals surface area contributed by atoms with E-state index >= 15 is 0 Å². The number of morpholine rings is 1. The van der Waals surface area contributed by atoms with Crippen LogP contribution in [-0.2, 0) is 16.1 Å². The van der Waals surface area contributed by atoms with Crippen molar-refractivity contribution in [2.75, 3.05) is 37.7 Å². The number of likely N-dealkylation sites (N-methyl/N-ethyl adjacent to an activating group) is 1. The Labute approximate surface area is 173 Å². The van der Waals surface area contributed by atoms with Crippen molar-refractivity contribution in [1.29, 1.82) is 5.26 Å². The van der Waals surface area contributed by atoms with E-state index in [-0.39, 0.29) is 17.0 Å². The quantitative estimate of drug-likeness (QED) is 0.547. The van der Waals surface area contributed by atoms with E-state index in [4.69, 9.17) is 17.0 Å². The highest BCUT2D eigenvalue weighted by molar-refractivity contribution is 8.26. The Hall–Kier alpha value is -2.15. The van der Waals surface area contributed by atoms with Crippen LogP contribution in [0.3, 0.4) is 0 Å². The summed E-state index contributed by atoms with van der Waals surface area (Å²) in [5, 5.41) is 9.56. The van der Waals surface area contributed by atoms with Crippen LogP contribution in [0.1, 0.15) is 30.5 Å². The fraction of sp³-hybridized carbons (Fsp3) is 0.474. The van der Waals surface area contributed by atoms with Gasteiger partial charge in [-0.25, -0.2) is 0 Å². The number of nitrogens with zero attached hydrogens (tertiary/aromatic N) is 4. The Morgan fingerprint density at radius 1 is 1.25 bits per heavy atom. The molecule has 3 rings (SSSR count). The number of ether oxygens (including phenoxy) is 1. The first-order valence-electron chi connectivity index (χ1n) is 9.20. The smallest absolute Gasteiger partial charge is 0.270 e. The van der Waals surface area contributed by atoms with Gasteiger partial charge in [-0.1, -0.05) is 24.0 Å². The second-order valence-corrected chi connectivity index (χ2v) is 8.10. The molecule has 1 aromatic rings. The average molecular weight is 419 g/mol. The lowest BCUT2D eigenvalue weighted by atomic mass is 10.0. The number of carbonyl (C=O) groups is 1. The lowest BCUT2D eigenvalue weighted by Gasteiger charge is -2.33. The van der Waals surface area contributed by atoms with Gasteiger partial charge in [-0.05, 0) is 32.4 Å². The van der Waals surface area contributed by atoms with Crippen LogP contribution in [0.5, 0.6) is 0 Å². The van der Waals surface area contributed by atoms with Gasteiger partial charge in [-0.15, -0.1) is 0 Å². The van der Waals surface area contributed by atoms with Crippen LogP contribution >= 0.6 is 24.0 Å². The second kappa shape index (κ2) is 8.47. The van der Waals surface area contributed by atoms with Gasteiger partial charge in [-0.2, -0.15) is 5.26 Å². The van der Waals surface area contributed by atoms with Gasteiger partial charge < -0.3 is 9.64 Å². The first kappa shape index (κ1) is 20.6. The molecule has 0 saturated carbocycles. The maximum atomic E-state index is 12.9. The maximum absolute atomic E-state index is 12.9. The van der Waals surface area contributed by atoms with E-state index in [1.54, 1.807) is 22.5 Å². The molecule has 0 unspecified atom stereocenters. The molecule has 0 aromatic carbocycles. The summed E-state index contributed by atoms with van der Waals surface area (Å²) in [6.45, 7) is 8.86. The average Bonchev–Trinajstić information content (AvgIpc) is 2.97. The molecule has 0 spiro atoms. The highest BCUT2D eigenvalue weighted by atomic mass is 32.2. The molecular weight excluding hydrogens is 396 g/mol. The monoisotopic (exact) mass is 418 g/mol. The fourth-order valence-electron chi connectivity index (χ4n) is 3.46. The maximum Gasteiger partial charge on any atom is 0.270 e. The number of anilines is 1. The molecule has 1 aromatic heterocycles. The Kier molecular flexibility index (Phi) is 6.23. The molecule has 0 aliphatic carbocycles. The van der Waals surface area contributed by atoms with Crippen molar-refractivity contribution >= 4 is 46.1 Å². The summed E-state index contributed by atoms with van der Waals surface area (Å²) in [6.07, 6.45) is 1.78. The molecule has 0 bridgehead atoms. The topological polar surface area (TPSA) is 78.6 Å². The zero-order chi connectivity index (χ0) is 20.4. The molecule has 9 heteroatoms. The van der Waals surface area contributed by atoms with E-state index in [0.29, 0.717) is 54.2 Å². The number of amides is 1. The van der Waals surface area contributed by atoms with Crippen molar-refractivity contribution in [3.63, 3.8) is 0 Å². The van der Waals surface area contributed by atoms with E-state index in [1.807, 2.05) is 19.9 Å². The van der Waals surface area contributed by atoms with Crippen molar-refractivity contribution in [2.24, 2.45) is 0 Å². The minimum absolute atomic E-state index is 0.107. The van der Waals surface area contributed by atoms with Crippen LogP contribution in [0.2, 0.25) is 0 Å². The second-order valence-electron chi connectivity index (χ2n) is 6.42. The van der Waals surface area contributed by atoms with Gasteiger partial charge in [0.1, 0.15) is 21.8 Å². The molecule has 0 N–H and O–H groups in total. The lowest BCUT2D eigenvalue weighted by molar-refractivity contribution is -0.121. The van der Waals surface area contributed by atoms with Gasteiger partial charge in [0.2, 0.25) is 0 Å². The number of hydrogen-bond donors (Lipinski definition) is 0. The number of aromatic nitrogens is 1. The molecule has 148 valence electrons. The molecule has 3 heterocycles. The zero-order valence-corrected chi connectivity index (χ0v) is 17.8. The molecule has 2 saturated heterocycles. The molecule has 2 aliphatic rings. The summed E-state index contributed by atoms with van der Waals surface area (Å²) in [4.78, 5) is 29.7. The van der Waals surface area contributed by atoms with Gasteiger partial charge in [0.05, 0.1) is 18.1 Å². The predicted octanol–water partition coefficient (Wildman–Crippen LogP) is 2.11. The van der Waals surface area contributed by atoms with Crippen LogP contribution < -0.4 is 10.5 Å². The minimum atomic E-state index is -0.303. The third kappa shape index (κ3) is 3.48. The Balaban J connectivity index is 2.26. The fourth-order valence-corrected chi connectivity index (χ4v) is 4.82. The number of nitriles is 1. The van der Waals surface area contributed by atoms with Crippen molar-refractivity contribution in [3.8, 4) is 6.07 Å². The number of pyridine rings is 1. The van der Waals surface area contributed by atoms with Crippen LogP contribution in [0.25, 0.3) is 6.08 Å². The van der Waals surface area contributed by atoms with E-state index in [9.17, 15) is 14.9 Å².